The van der Waals surface area contributed by atoms with Crippen LogP contribution in [0.15, 0.2) is 27.8 Å². The molecule has 1 amide bonds. The first-order chi connectivity index (χ1) is 11.3. The van der Waals surface area contributed by atoms with Crippen molar-refractivity contribution in [1.29, 1.82) is 0 Å². The van der Waals surface area contributed by atoms with E-state index in [0.717, 1.165) is 38.1 Å². The predicted octanol–water partition coefficient (Wildman–Crippen LogP) is 2.42. The van der Waals surface area contributed by atoms with Crippen LogP contribution in [0.5, 0.6) is 0 Å². The van der Waals surface area contributed by atoms with Gasteiger partial charge >= 0.3 is 0 Å². The predicted molar refractivity (Wildman–Crippen MR) is 105 cm³/mol. The number of hydrogen-bond acceptors (Lipinski definition) is 3. The molecule has 1 aliphatic carbocycles. The zero-order chi connectivity index (χ0) is 16.1. The van der Waals surface area contributed by atoms with E-state index in [1.807, 2.05) is 4.90 Å². The average Bonchev–Trinajstić information content (AvgIpc) is 3.24. The Morgan fingerprint density at radius 1 is 1.29 bits per heavy atom. The van der Waals surface area contributed by atoms with Crippen molar-refractivity contribution < 1.29 is 9.21 Å². The molecule has 3 rings (SSSR count). The summed E-state index contributed by atoms with van der Waals surface area (Å²) in [4.78, 5) is 21.1. The minimum absolute atomic E-state index is 0. The van der Waals surface area contributed by atoms with E-state index in [9.17, 15) is 4.79 Å². The molecule has 0 aromatic carbocycles. The highest BCUT2D eigenvalue weighted by Gasteiger charge is 2.25. The van der Waals surface area contributed by atoms with E-state index < -0.39 is 0 Å². The SMILES string of the molecule is CCNC(=NCCC1CC1)N1CCN(C(=O)c2ccco2)CC1.I. The van der Waals surface area contributed by atoms with E-state index in [2.05, 4.69) is 17.1 Å². The quantitative estimate of drug-likeness (QED) is 0.429. The number of nitrogens with zero attached hydrogens (tertiary/aromatic N) is 3. The van der Waals surface area contributed by atoms with Gasteiger partial charge < -0.3 is 19.5 Å². The first-order valence-corrected chi connectivity index (χ1v) is 8.64. The number of carbonyl (C=O) groups is 1. The topological polar surface area (TPSA) is 61.1 Å². The van der Waals surface area contributed by atoms with Crippen molar-refractivity contribution >= 4 is 35.8 Å². The first kappa shape index (κ1) is 19.1. The number of amides is 1. The van der Waals surface area contributed by atoms with Crippen molar-refractivity contribution in [1.82, 2.24) is 15.1 Å². The van der Waals surface area contributed by atoms with E-state index in [0.29, 0.717) is 18.8 Å². The molecule has 0 bridgehead atoms. The third-order valence-electron chi connectivity index (χ3n) is 4.43. The maximum atomic E-state index is 12.3. The molecule has 2 fully saturated rings. The molecule has 2 heterocycles. The van der Waals surface area contributed by atoms with Gasteiger partial charge in [0.1, 0.15) is 0 Å². The van der Waals surface area contributed by atoms with E-state index in [-0.39, 0.29) is 29.9 Å². The molecule has 1 N–H and O–H groups in total. The zero-order valence-electron chi connectivity index (χ0n) is 14.2. The van der Waals surface area contributed by atoms with Crippen LogP contribution in [0.1, 0.15) is 36.7 Å². The molecule has 1 aromatic rings. The molecule has 6 nitrogen and oxygen atoms in total. The van der Waals surface area contributed by atoms with Gasteiger partial charge in [-0.3, -0.25) is 9.79 Å². The summed E-state index contributed by atoms with van der Waals surface area (Å²) >= 11 is 0. The van der Waals surface area contributed by atoms with Gasteiger partial charge in [0.05, 0.1) is 6.26 Å². The van der Waals surface area contributed by atoms with Crippen LogP contribution < -0.4 is 5.32 Å². The molecule has 0 spiro atoms. The highest BCUT2D eigenvalue weighted by molar-refractivity contribution is 14.0. The Morgan fingerprint density at radius 2 is 2.00 bits per heavy atom. The monoisotopic (exact) mass is 446 g/mol. The largest absolute Gasteiger partial charge is 0.459 e. The van der Waals surface area contributed by atoms with Crippen molar-refractivity contribution in [3.63, 3.8) is 0 Å². The molecule has 0 radical (unpaired) electrons. The number of piperazine rings is 1. The second kappa shape index (κ2) is 9.29. The van der Waals surface area contributed by atoms with Crippen molar-refractivity contribution in [3.8, 4) is 0 Å². The summed E-state index contributed by atoms with van der Waals surface area (Å²) in [6.45, 7) is 6.88. The number of aliphatic imine (C=N–C) groups is 1. The molecule has 1 saturated heterocycles. The summed E-state index contributed by atoms with van der Waals surface area (Å²) in [5.41, 5.74) is 0. The minimum Gasteiger partial charge on any atom is -0.459 e. The van der Waals surface area contributed by atoms with Gasteiger partial charge in [0.25, 0.3) is 5.91 Å². The lowest BCUT2D eigenvalue weighted by atomic mass is 10.3. The molecule has 0 unspecified atom stereocenters. The van der Waals surface area contributed by atoms with Crippen molar-refractivity contribution in [2.75, 3.05) is 39.3 Å². The lowest BCUT2D eigenvalue weighted by molar-refractivity contribution is 0.0657. The Balaban J connectivity index is 0.00000208. The molecule has 134 valence electrons. The number of furan rings is 1. The lowest BCUT2D eigenvalue weighted by Gasteiger charge is -2.36. The number of guanidine groups is 1. The van der Waals surface area contributed by atoms with Crippen LogP contribution in [0.2, 0.25) is 0 Å². The van der Waals surface area contributed by atoms with E-state index >= 15 is 0 Å². The molecule has 1 aromatic heterocycles. The summed E-state index contributed by atoms with van der Waals surface area (Å²) in [6, 6.07) is 3.47. The second-order valence-electron chi connectivity index (χ2n) is 6.22. The number of rotatable bonds is 5. The number of hydrogen-bond donors (Lipinski definition) is 1. The van der Waals surface area contributed by atoms with Crippen molar-refractivity contribution in [2.45, 2.75) is 26.2 Å². The van der Waals surface area contributed by atoms with Gasteiger partial charge in [0.2, 0.25) is 0 Å². The van der Waals surface area contributed by atoms with Crippen LogP contribution in [0.3, 0.4) is 0 Å². The van der Waals surface area contributed by atoms with Gasteiger partial charge in [0.15, 0.2) is 11.7 Å². The third kappa shape index (κ3) is 5.12. The fourth-order valence-electron chi connectivity index (χ4n) is 2.86. The smallest absolute Gasteiger partial charge is 0.289 e. The molecule has 1 aliphatic heterocycles. The van der Waals surface area contributed by atoms with E-state index in [4.69, 9.17) is 9.41 Å². The Labute approximate surface area is 160 Å². The molecule has 2 aliphatic rings. The van der Waals surface area contributed by atoms with Crippen molar-refractivity contribution in [2.24, 2.45) is 10.9 Å². The molecule has 24 heavy (non-hydrogen) atoms. The highest BCUT2D eigenvalue weighted by atomic mass is 127. The molecular formula is C17H27IN4O2. The fraction of sp³-hybridized carbons (Fsp3) is 0.647. The highest BCUT2D eigenvalue weighted by Crippen LogP contribution is 2.32. The lowest BCUT2D eigenvalue weighted by Crippen LogP contribution is -2.53. The number of carbonyl (C=O) groups excluding carboxylic acids is 1. The normalized spacial score (nSPS) is 18.3. The molecule has 0 atom stereocenters. The first-order valence-electron chi connectivity index (χ1n) is 8.64. The van der Waals surface area contributed by atoms with E-state index in [1.54, 1.807) is 18.4 Å². The zero-order valence-corrected chi connectivity index (χ0v) is 16.6. The van der Waals surface area contributed by atoms with Gasteiger partial charge in [-0.25, -0.2) is 0 Å². The minimum atomic E-state index is -0.0228. The van der Waals surface area contributed by atoms with Gasteiger partial charge in [-0.1, -0.05) is 12.8 Å². The van der Waals surface area contributed by atoms with Crippen LogP contribution in [-0.4, -0.2) is 60.9 Å². The van der Waals surface area contributed by atoms with Gasteiger partial charge in [-0.2, -0.15) is 0 Å². The summed E-state index contributed by atoms with van der Waals surface area (Å²) in [7, 11) is 0. The standard InChI is InChI=1S/C17H26N4O2.HI/c1-2-18-17(19-8-7-14-5-6-14)21-11-9-20(10-12-21)16(22)15-4-3-13-23-15;/h3-4,13-14H,2,5-12H2,1H3,(H,18,19);1H. The number of halogens is 1. The summed E-state index contributed by atoms with van der Waals surface area (Å²) in [5.74, 6) is 2.29. The Bertz CT molecular complexity index is 535. The number of nitrogens with one attached hydrogen (secondary N) is 1. The van der Waals surface area contributed by atoms with Gasteiger partial charge in [-0.05, 0) is 31.4 Å². The maximum Gasteiger partial charge on any atom is 0.289 e. The van der Waals surface area contributed by atoms with Crippen LogP contribution >= 0.6 is 24.0 Å². The van der Waals surface area contributed by atoms with Crippen LogP contribution in [0, 0.1) is 5.92 Å². The fourth-order valence-corrected chi connectivity index (χ4v) is 2.86. The van der Waals surface area contributed by atoms with Crippen LogP contribution in [0.4, 0.5) is 0 Å². The Hall–Kier alpha value is -1.25. The van der Waals surface area contributed by atoms with Gasteiger partial charge in [0, 0.05) is 39.3 Å². The Morgan fingerprint density at radius 3 is 2.58 bits per heavy atom. The average molecular weight is 446 g/mol. The van der Waals surface area contributed by atoms with E-state index in [1.165, 1.54) is 19.3 Å². The molecular weight excluding hydrogens is 419 g/mol. The summed E-state index contributed by atoms with van der Waals surface area (Å²) in [5, 5.41) is 3.37. The maximum absolute atomic E-state index is 12.3. The summed E-state index contributed by atoms with van der Waals surface area (Å²) < 4.78 is 5.20. The molecule has 1 saturated carbocycles. The summed E-state index contributed by atoms with van der Waals surface area (Å²) in [6.07, 6.45) is 5.49. The van der Waals surface area contributed by atoms with Gasteiger partial charge in [-0.15, -0.1) is 24.0 Å². The van der Waals surface area contributed by atoms with Crippen LogP contribution in [0.25, 0.3) is 0 Å². The second-order valence-corrected chi connectivity index (χ2v) is 6.22. The molecule has 7 heteroatoms. The van der Waals surface area contributed by atoms with Crippen molar-refractivity contribution in [3.05, 3.63) is 24.2 Å². The third-order valence-corrected chi connectivity index (χ3v) is 4.43. The van der Waals surface area contributed by atoms with Crippen LogP contribution in [-0.2, 0) is 0 Å². The Kier molecular flexibility index (Phi) is 7.39.